The van der Waals surface area contributed by atoms with E-state index in [9.17, 15) is 19.2 Å². The minimum absolute atomic E-state index is 0.166. The molecule has 0 spiro atoms. The molecular weight excluding hydrogens is 430 g/mol. The van der Waals surface area contributed by atoms with Crippen molar-refractivity contribution in [3.8, 4) is 0 Å². The molecule has 4 rings (SSSR count). The molecule has 0 saturated heterocycles. The fourth-order valence-corrected chi connectivity index (χ4v) is 4.49. The summed E-state index contributed by atoms with van der Waals surface area (Å²) in [4.78, 5) is 60.9. The first kappa shape index (κ1) is 21.9. The molecule has 10 heteroatoms. The lowest BCUT2D eigenvalue weighted by Gasteiger charge is -2.19. The van der Waals surface area contributed by atoms with Crippen LogP contribution in [0.15, 0.2) is 38.9 Å². The van der Waals surface area contributed by atoms with E-state index in [-0.39, 0.29) is 29.4 Å². The number of amides is 2. The van der Waals surface area contributed by atoms with Crippen molar-refractivity contribution in [3.05, 3.63) is 62.1 Å². The summed E-state index contributed by atoms with van der Waals surface area (Å²) in [5.41, 5.74) is -0.304. The molecule has 3 heterocycles. The van der Waals surface area contributed by atoms with Crippen molar-refractivity contribution in [1.29, 1.82) is 0 Å². The predicted octanol–water partition coefficient (Wildman–Crippen LogP) is 1.71. The van der Waals surface area contributed by atoms with Crippen LogP contribution in [-0.4, -0.2) is 48.1 Å². The molecule has 1 aliphatic rings. The van der Waals surface area contributed by atoms with Gasteiger partial charge in [-0.3, -0.25) is 28.4 Å². The zero-order valence-electron chi connectivity index (χ0n) is 18.5. The molecule has 0 N–H and O–H groups in total. The highest BCUT2D eigenvalue weighted by Crippen LogP contribution is 2.28. The van der Waals surface area contributed by atoms with Gasteiger partial charge in [-0.15, -0.1) is 11.8 Å². The Balaban J connectivity index is 1.70. The summed E-state index contributed by atoms with van der Waals surface area (Å²) >= 11 is 1.26. The third-order valence-corrected chi connectivity index (χ3v) is 6.33. The minimum atomic E-state index is -0.480. The van der Waals surface area contributed by atoms with Crippen LogP contribution in [-0.2, 0) is 19.5 Å². The van der Waals surface area contributed by atoms with Gasteiger partial charge in [0.2, 0.25) is 0 Å². The van der Waals surface area contributed by atoms with Gasteiger partial charge in [0, 0.05) is 31.8 Å². The molecule has 0 aliphatic carbocycles. The van der Waals surface area contributed by atoms with Crippen LogP contribution in [0.4, 0.5) is 0 Å². The van der Waals surface area contributed by atoms with E-state index < -0.39 is 16.7 Å². The quantitative estimate of drug-likeness (QED) is 0.336. The zero-order valence-corrected chi connectivity index (χ0v) is 19.3. The molecule has 2 aromatic heterocycles. The third kappa shape index (κ3) is 3.44. The molecule has 0 saturated carbocycles. The van der Waals surface area contributed by atoms with E-state index in [1.807, 2.05) is 20.8 Å². The lowest BCUT2D eigenvalue weighted by Crippen LogP contribution is -2.38. The highest BCUT2D eigenvalue weighted by Gasteiger charge is 2.34. The van der Waals surface area contributed by atoms with Gasteiger partial charge < -0.3 is 0 Å². The van der Waals surface area contributed by atoms with Crippen molar-refractivity contribution >= 4 is 34.6 Å². The van der Waals surface area contributed by atoms with E-state index in [2.05, 4.69) is 9.97 Å². The summed E-state index contributed by atoms with van der Waals surface area (Å²) in [7, 11) is 2.98. The average Bonchev–Trinajstić information content (AvgIpc) is 3.00. The first-order chi connectivity index (χ1) is 15.0. The first-order valence-corrected chi connectivity index (χ1v) is 11.1. The van der Waals surface area contributed by atoms with E-state index in [0.717, 1.165) is 4.57 Å². The molecule has 0 unspecified atom stereocenters. The van der Waals surface area contributed by atoms with Crippen molar-refractivity contribution < 1.29 is 9.59 Å². The van der Waals surface area contributed by atoms with E-state index in [1.165, 1.54) is 28.3 Å². The molecule has 32 heavy (non-hydrogen) atoms. The Hall–Kier alpha value is -3.27. The number of carbonyl (C=O) groups is 2. The number of imide groups is 1. The van der Waals surface area contributed by atoms with Crippen LogP contribution in [0.1, 0.15) is 47.3 Å². The number of hydrogen-bond donors (Lipinski definition) is 0. The highest BCUT2D eigenvalue weighted by molar-refractivity contribution is 7.99. The van der Waals surface area contributed by atoms with Crippen molar-refractivity contribution in [3.63, 3.8) is 0 Å². The lowest BCUT2D eigenvalue weighted by molar-refractivity contribution is 0.0664. The molecule has 3 aromatic rings. The molecule has 0 fully saturated rings. The van der Waals surface area contributed by atoms with Crippen molar-refractivity contribution in [2.45, 2.75) is 31.2 Å². The second-order valence-corrected chi connectivity index (χ2v) is 9.75. The standard InChI is InChI=1S/C22H23N5O4S/c1-22(2,3)20-23-15-14(19(30)26(5)21(31)25(15)4)16(24-20)32-11-10-27-17(28)12-8-6-7-9-13(12)18(27)29/h6-9H,10-11H2,1-5H3. The van der Waals surface area contributed by atoms with Gasteiger partial charge >= 0.3 is 5.69 Å². The Bertz CT molecular complexity index is 1370. The maximum atomic E-state index is 12.9. The lowest BCUT2D eigenvalue weighted by atomic mass is 9.96. The summed E-state index contributed by atoms with van der Waals surface area (Å²) in [5.74, 6) is 0.184. The molecule has 0 atom stereocenters. The normalized spacial score (nSPS) is 13.8. The first-order valence-electron chi connectivity index (χ1n) is 10.1. The second-order valence-electron chi connectivity index (χ2n) is 8.66. The van der Waals surface area contributed by atoms with Gasteiger partial charge in [0.25, 0.3) is 17.4 Å². The number of fused-ring (bicyclic) bond motifs is 2. The number of nitrogens with zero attached hydrogens (tertiary/aromatic N) is 5. The Kier molecular flexibility index (Phi) is 5.28. The van der Waals surface area contributed by atoms with Gasteiger partial charge in [-0.1, -0.05) is 32.9 Å². The van der Waals surface area contributed by atoms with Crippen LogP contribution in [0.2, 0.25) is 0 Å². The van der Waals surface area contributed by atoms with Gasteiger partial charge in [0.1, 0.15) is 16.2 Å². The predicted molar refractivity (Wildman–Crippen MR) is 121 cm³/mol. The SMILES string of the molecule is Cn1c(=O)c2c(SCCN3C(=O)c4ccccc4C3=O)nc(C(C)(C)C)nc2n(C)c1=O. The van der Waals surface area contributed by atoms with Gasteiger partial charge in [-0.2, -0.15) is 0 Å². The highest BCUT2D eigenvalue weighted by atomic mass is 32.2. The van der Waals surface area contributed by atoms with Crippen molar-refractivity contribution in [2.24, 2.45) is 14.1 Å². The second kappa shape index (κ2) is 7.70. The number of thioether (sulfide) groups is 1. The van der Waals surface area contributed by atoms with E-state index in [4.69, 9.17) is 0 Å². The summed E-state index contributed by atoms with van der Waals surface area (Å²) in [5, 5.41) is 0.669. The van der Waals surface area contributed by atoms with Crippen LogP contribution < -0.4 is 11.2 Å². The van der Waals surface area contributed by atoms with E-state index >= 15 is 0 Å². The number of aromatic nitrogens is 4. The maximum Gasteiger partial charge on any atom is 0.332 e. The summed E-state index contributed by atoms with van der Waals surface area (Å²) < 4.78 is 2.36. The topological polar surface area (TPSA) is 107 Å². The molecule has 2 amide bonds. The van der Waals surface area contributed by atoms with Crippen LogP contribution in [0.3, 0.4) is 0 Å². The monoisotopic (exact) mass is 453 g/mol. The van der Waals surface area contributed by atoms with Gasteiger partial charge in [0.15, 0.2) is 5.65 Å². The Morgan fingerprint density at radius 3 is 2.06 bits per heavy atom. The molecule has 0 bridgehead atoms. The van der Waals surface area contributed by atoms with E-state index in [1.54, 1.807) is 31.3 Å². The molecule has 1 aromatic carbocycles. The Morgan fingerprint density at radius 1 is 0.906 bits per heavy atom. The van der Waals surface area contributed by atoms with Gasteiger partial charge in [-0.25, -0.2) is 14.8 Å². The molecular formula is C22H23N5O4S. The number of hydrogen-bond acceptors (Lipinski definition) is 7. The largest absolute Gasteiger partial charge is 0.332 e. The number of benzene rings is 1. The summed E-state index contributed by atoms with van der Waals surface area (Å²) in [6.45, 7) is 6.00. The van der Waals surface area contributed by atoms with Crippen LogP contribution in [0, 0.1) is 0 Å². The Labute approximate surface area is 188 Å². The smallest absolute Gasteiger partial charge is 0.280 e. The van der Waals surface area contributed by atoms with Crippen molar-refractivity contribution in [1.82, 2.24) is 24.0 Å². The van der Waals surface area contributed by atoms with Gasteiger partial charge in [-0.05, 0) is 12.1 Å². The van der Waals surface area contributed by atoms with Crippen LogP contribution in [0.5, 0.6) is 0 Å². The molecule has 1 aliphatic heterocycles. The van der Waals surface area contributed by atoms with Crippen LogP contribution >= 0.6 is 11.8 Å². The maximum absolute atomic E-state index is 12.9. The fraction of sp³-hybridized carbons (Fsp3) is 0.364. The number of aryl methyl sites for hydroxylation is 1. The van der Waals surface area contributed by atoms with Crippen molar-refractivity contribution in [2.75, 3.05) is 12.3 Å². The fourth-order valence-electron chi connectivity index (χ4n) is 3.54. The molecule has 0 radical (unpaired) electrons. The molecule has 166 valence electrons. The number of carbonyl (C=O) groups excluding carboxylic acids is 2. The molecule has 9 nitrogen and oxygen atoms in total. The minimum Gasteiger partial charge on any atom is -0.280 e. The average molecular weight is 454 g/mol. The van der Waals surface area contributed by atoms with Crippen LogP contribution in [0.25, 0.3) is 11.0 Å². The van der Waals surface area contributed by atoms with Gasteiger partial charge in [0.05, 0.1) is 11.1 Å². The summed E-state index contributed by atoms with van der Waals surface area (Å²) in [6, 6.07) is 6.73. The zero-order chi connectivity index (χ0) is 23.4. The Morgan fingerprint density at radius 2 is 1.50 bits per heavy atom. The number of rotatable bonds is 4. The third-order valence-electron chi connectivity index (χ3n) is 5.37. The summed E-state index contributed by atoms with van der Waals surface area (Å²) in [6.07, 6.45) is 0. The van der Waals surface area contributed by atoms with E-state index in [0.29, 0.717) is 27.7 Å².